The number of esters is 1. The van der Waals surface area contributed by atoms with E-state index >= 15 is 0 Å². The second-order valence-electron chi connectivity index (χ2n) is 6.74. The predicted octanol–water partition coefficient (Wildman–Crippen LogP) is 0.492. The van der Waals surface area contributed by atoms with Gasteiger partial charge in [-0.1, -0.05) is 26.0 Å². The number of imide groups is 1. The molecular formula is C18H18N2O7. The number of hydrogen-bond acceptors (Lipinski definition) is 6. The van der Waals surface area contributed by atoms with Crippen molar-refractivity contribution in [3.05, 3.63) is 35.4 Å². The maximum atomic E-state index is 12.8. The quantitative estimate of drug-likeness (QED) is 0.452. The lowest BCUT2D eigenvalue weighted by Crippen LogP contribution is -2.76. The summed E-state index contributed by atoms with van der Waals surface area (Å²) < 4.78 is 5.13. The Morgan fingerprint density at radius 1 is 1.07 bits per heavy atom. The smallest absolute Gasteiger partial charge is 0.326 e. The van der Waals surface area contributed by atoms with Crippen LogP contribution in [-0.4, -0.2) is 62.9 Å². The molecule has 9 heteroatoms. The molecule has 0 radical (unpaired) electrons. The molecule has 3 unspecified atom stereocenters. The number of carboxylic acid groups (broad SMARTS) is 1. The molecule has 9 nitrogen and oxygen atoms in total. The zero-order chi connectivity index (χ0) is 20.0. The van der Waals surface area contributed by atoms with Crippen molar-refractivity contribution in [1.82, 2.24) is 9.80 Å². The van der Waals surface area contributed by atoms with E-state index in [0.29, 0.717) is 0 Å². The molecule has 142 valence electrons. The zero-order valence-electron chi connectivity index (χ0n) is 14.9. The van der Waals surface area contributed by atoms with Crippen molar-refractivity contribution >= 4 is 29.7 Å². The van der Waals surface area contributed by atoms with Crippen LogP contribution in [0.5, 0.6) is 0 Å². The number of ether oxygens (including phenoxy) is 1. The van der Waals surface area contributed by atoms with E-state index in [9.17, 15) is 29.1 Å². The summed E-state index contributed by atoms with van der Waals surface area (Å²) in [5, 5.41) is 9.46. The van der Waals surface area contributed by atoms with Gasteiger partial charge in [0.15, 0.2) is 6.04 Å². The normalized spacial score (nSPS) is 22.6. The standard InChI is InChI=1S/C18H18N2O7/c1-8(2)12(18(25)26)20-16(24)13(17(20)27-9(3)21)19-14(22)10-6-4-5-7-11(10)15(19)23/h4-8,12-13,17H,1-3H3,(H,25,26). The highest BCUT2D eigenvalue weighted by atomic mass is 16.6. The van der Waals surface area contributed by atoms with Crippen molar-refractivity contribution in [3.8, 4) is 0 Å². The van der Waals surface area contributed by atoms with Crippen molar-refractivity contribution < 1.29 is 33.8 Å². The van der Waals surface area contributed by atoms with Crippen LogP contribution in [0.25, 0.3) is 0 Å². The van der Waals surface area contributed by atoms with Crippen LogP contribution in [0, 0.1) is 5.92 Å². The highest BCUT2D eigenvalue weighted by Crippen LogP contribution is 2.36. The van der Waals surface area contributed by atoms with Gasteiger partial charge in [0.1, 0.15) is 6.04 Å². The summed E-state index contributed by atoms with van der Waals surface area (Å²) in [6, 6.07) is 3.46. The van der Waals surface area contributed by atoms with Crippen LogP contribution in [0.1, 0.15) is 41.5 Å². The lowest BCUT2D eigenvalue weighted by Gasteiger charge is -2.50. The van der Waals surface area contributed by atoms with E-state index in [0.717, 1.165) is 16.7 Å². The number of likely N-dealkylation sites (tertiary alicyclic amines) is 1. The maximum absolute atomic E-state index is 12.8. The summed E-state index contributed by atoms with van der Waals surface area (Å²) in [6.45, 7) is 4.31. The molecule has 1 N–H and O–H groups in total. The predicted molar refractivity (Wildman–Crippen MR) is 89.4 cm³/mol. The number of amides is 3. The van der Waals surface area contributed by atoms with Gasteiger partial charge in [-0.2, -0.15) is 0 Å². The molecule has 0 saturated carbocycles. The van der Waals surface area contributed by atoms with Crippen LogP contribution in [-0.2, 0) is 19.1 Å². The number of β-lactam (4-membered cyclic amide) rings is 1. The van der Waals surface area contributed by atoms with Gasteiger partial charge >= 0.3 is 11.9 Å². The first-order valence-corrected chi connectivity index (χ1v) is 8.36. The monoisotopic (exact) mass is 374 g/mol. The molecule has 3 atom stereocenters. The maximum Gasteiger partial charge on any atom is 0.326 e. The second-order valence-corrected chi connectivity index (χ2v) is 6.74. The average molecular weight is 374 g/mol. The van der Waals surface area contributed by atoms with Gasteiger partial charge in [0.2, 0.25) is 6.23 Å². The summed E-state index contributed by atoms with van der Waals surface area (Å²) in [4.78, 5) is 62.8. The molecule has 3 amide bonds. The third-order valence-corrected chi connectivity index (χ3v) is 4.63. The minimum absolute atomic E-state index is 0.147. The van der Waals surface area contributed by atoms with E-state index in [-0.39, 0.29) is 11.1 Å². The van der Waals surface area contributed by atoms with Crippen molar-refractivity contribution in [2.24, 2.45) is 5.92 Å². The first-order chi connectivity index (χ1) is 12.7. The Morgan fingerprint density at radius 3 is 2.00 bits per heavy atom. The number of carboxylic acids is 1. The van der Waals surface area contributed by atoms with Gasteiger partial charge in [-0.15, -0.1) is 0 Å². The summed E-state index contributed by atoms with van der Waals surface area (Å²) >= 11 is 0. The van der Waals surface area contributed by atoms with Crippen LogP contribution in [0.3, 0.4) is 0 Å². The molecule has 2 aliphatic heterocycles. The molecule has 0 spiro atoms. The number of rotatable bonds is 5. The lowest BCUT2D eigenvalue weighted by molar-refractivity contribution is -0.207. The fourth-order valence-corrected chi connectivity index (χ4v) is 3.48. The van der Waals surface area contributed by atoms with E-state index < -0.39 is 53.9 Å². The third kappa shape index (κ3) is 2.75. The Morgan fingerprint density at radius 2 is 1.59 bits per heavy atom. The highest BCUT2D eigenvalue weighted by Gasteiger charge is 2.61. The Kier molecular flexibility index (Phi) is 4.46. The van der Waals surface area contributed by atoms with Crippen molar-refractivity contribution in [2.75, 3.05) is 0 Å². The molecule has 1 saturated heterocycles. The molecule has 1 fully saturated rings. The molecule has 0 aliphatic carbocycles. The number of carbonyl (C=O) groups is 5. The van der Waals surface area contributed by atoms with Crippen molar-refractivity contribution in [3.63, 3.8) is 0 Å². The summed E-state index contributed by atoms with van der Waals surface area (Å²) in [6.07, 6.45) is -1.35. The molecule has 1 aromatic carbocycles. The van der Waals surface area contributed by atoms with E-state index in [2.05, 4.69) is 0 Å². The number of nitrogens with zero attached hydrogens (tertiary/aromatic N) is 2. The first kappa shape index (κ1) is 18.6. The Bertz CT molecular complexity index is 828. The number of benzene rings is 1. The Balaban J connectivity index is 1.98. The number of carbonyl (C=O) groups excluding carboxylic acids is 4. The number of aliphatic carboxylic acids is 1. The van der Waals surface area contributed by atoms with Crippen LogP contribution in [0.15, 0.2) is 24.3 Å². The topological polar surface area (TPSA) is 121 Å². The molecule has 27 heavy (non-hydrogen) atoms. The molecular weight excluding hydrogens is 356 g/mol. The van der Waals surface area contributed by atoms with Gasteiger partial charge in [-0.3, -0.25) is 29.0 Å². The van der Waals surface area contributed by atoms with Crippen LogP contribution in [0.4, 0.5) is 0 Å². The van der Waals surface area contributed by atoms with Crippen molar-refractivity contribution in [1.29, 1.82) is 0 Å². The van der Waals surface area contributed by atoms with E-state index in [4.69, 9.17) is 4.74 Å². The van der Waals surface area contributed by atoms with Gasteiger partial charge in [0.25, 0.3) is 17.7 Å². The number of hydrogen-bond donors (Lipinski definition) is 1. The van der Waals surface area contributed by atoms with Gasteiger partial charge in [-0.05, 0) is 18.1 Å². The summed E-state index contributed by atoms with van der Waals surface area (Å²) in [5.41, 5.74) is 0.294. The number of fused-ring (bicyclic) bond motifs is 1. The summed E-state index contributed by atoms with van der Waals surface area (Å²) in [5.74, 6) is -4.61. The molecule has 2 heterocycles. The Labute approximate surface area is 154 Å². The fraction of sp³-hybridized carbons (Fsp3) is 0.389. The van der Waals surface area contributed by atoms with Gasteiger partial charge < -0.3 is 9.84 Å². The van der Waals surface area contributed by atoms with Crippen LogP contribution >= 0.6 is 0 Å². The Hall–Kier alpha value is -3.23. The van der Waals surface area contributed by atoms with E-state index in [1.165, 1.54) is 12.1 Å². The van der Waals surface area contributed by atoms with Crippen LogP contribution < -0.4 is 0 Å². The van der Waals surface area contributed by atoms with Crippen molar-refractivity contribution in [2.45, 2.75) is 39.1 Å². The van der Waals surface area contributed by atoms with Crippen LogP contribution in [0.2, 0.25) is 0 Å². The molecule has 0 bridgehead atoms. The van der Waals surface area contributed by atoms with Gasteiger partial charge in [0.05, 0.1) is 11.1 Å². The molecule has 0 aromatic heterocycles. The van der Waals surface area contributed by atoms with Gasteiger partial charge in [0, 0.05) is 6.92 Å². The highest BCUT2D eigenvalue weighted by molar-refractivity contribution is 6.23. The third-order valence-electron chi connectivity index (χ3n) is 4.63. The van der Waals surface area contributed by atoms with E-state index in [1.54, 1.807) is 26.0 Å². The SMILES string of the molecule is CC(=O)OC1C(N2C(=O)c3ccccc3C2=O)C(=O)N1C(C(=O)O)C(C)C. The largest absolute Gasteiger partial charge is 0.480 e. The summed E-state index contributed by atoms with van der Waals surface area (Å²) in [7, 11) is 0. The zero-order valence-corrected chi connectivity index (χ0v) is 14.9. The molecule has 3 rings (SSSR count). The lowest BCUT2D eigenvalue weighted by atomic mass is 9.93. The minimum atomic E-state index is -1.39. The van der Waals surface area contributed by atoms with E-state index in [1.807, 2.05) is 0 Å². The average Bonchev–Trinajstić information content (AvgIpc) is 2.83. The molecule has 2 aliphatic rings. The first-order valence-electron chi connectivity index (χ1n) is 8.36. The van der Waals surface area contributed by atoms with Gasteiger partial charge in [-0.25, -0.2) is 4.79 Å². The fourth-order valence-electron chi connectivity index (χ4n) is 3.48. The molecule has 1 aromatic rings. The minimum Gasteiger partial charge on any atom is -0.480 e. The second kappa shape index (κ2) is 6.49.